The third-order valence-electron chi connectivity index (χ3n) is 5.66. The first-order chi connectivity index (χ1) is 8.76. The van der Waals surface area contributed by atoms with Gasteiger partial charge in [-0.2, -0.15) is 0 Å². The molecule has 2 aliphatic rings. The summed E-state index contributed by atoms with van der Waals surface area (Å²) in [5.74, 6) is 0. The van der Waals surface area contributed by atoms with Crippen LogP contribution in [0.3, 0.4) is 0 Å². The van der Waals surface area contributed by atoms with Crippen molar-refractivity contribution >= 4 is 0 Å². The molecule has 2 aliphatic carbocycles. The highest BCUT2D eigenvalue weighted by Gasteiger charge is 2.61. The number of allylic oxidation sites excluding steroid dienone is 1. The fourth-order valence-corrected chi connectivity index (χ4v) is 3.97. The number of ether oxygens (including phenoxy) is 1. The molecule has 19 heavy (non-hydrogen) atoms. The third-order valence-corrected chi connectivity index (χ3v) is 5.66. The van der Waals surface area contributed by atoms with Gasteiger partial charge in [0.25, 0.3) is 0 Å². The molecular formula is C15H26O4. The first-order valence-corrected chi connectivity index (χ1v) is 7.00. The summed E-state index contributed by atoms with van der Waals surface area (Å²) in [7, 11) is 1.56. The first kappa shape index (κ1) is 15.0. The van der Waals surface area contributed by atoms with Gasteiger partial charge in [-0.05, 0) is 26.2 Å². The Morgan fingerprint density at radius 3 is 2.37 bits per heavy atom. The van der Waals surface area contributed by atoms with Crippen molar-refractivity contribution in [3.05, 3.63) is 11.6 Å². The second-order valence-corrected chi connectivity index (χ2v) is 6.71. The molecule has 4 nitrogen and oxygen atoms in total. The predicted octanol–water partition coefficient (Wildman–Crippen LogP) is 1.24. The SMILES string of the molecule is COC1[C@H](O)[C@H](O)C[C@]1(C)[C@@]1(C)CCC(C)=CC1O. The topological polar surface area (TPSA) is 69.9 Å². The zero-order chi connectivity index (χ0) is 14.4. The number of hydrogen-bond acceptors (Lipinski definition) is 4. The molecule has 0 saturated heterocycles. The molecule has 0 aromatic carbocycles. The minimum atomic E-state index is -0.883. The Balaban J connectivity index is 2.38. The van der Waals surface area contributed by atoms with Crippen LogP contribution in [0.15, 0.2) is 11.6 Å². The summed E-state index contributed by atoms with van der Waals surface area (Å²) in [6.45, 7) is 6.08. The average molecular weight is 270 g/mol. The fraction of sp³-hybridized carbons (Fsp3) is 0.867. The Bertz CT molecular complexity index is 380. The molecule has 0 spiro atoms. The minimum Gasteiger partial charge on any atom is -0.390 e. The van der Waals surface area contributed by atoms with Crippen LogP contribution in [0.2, 0.25) is 0 Å². The standard InChI is InChI=1S/C15H26O4/c1-9-5-6-14(2,11(17)7-9)15(3)8-10(16)12(18)13(15)19-4/h7,10-13,16-18H,5-6,8H2,1-4H3/t10-,11?,12-,13?,14+,15+/m1/s1. The van der Waals surface area contributed by atoms with E-state index in [0.29, 0.717) is 6.42 Å². The summed E-state index contributed by atoms with van der Waals surface area (Å²) in [5, 5.41) is 30.6. The highest BCUT2D eigenvalue weighted by molar-refractivity contribution is 5.19. The van der Waals surface area contributed by atoms with E-state index in [1.165, 1.54) is 5.57 Å². The van der Waals surface area contributed by atoms with E-state index in [-0.39, 0.29) is 0 Å². The van der Waals surface area contributed by atoms with Crippen LogP contribution in [0, 0.1) is 10.8 Å². The van der Waals surface area contributed by atoms with Crippen LogP contribution < -0.4 is 0 Å². The van der Waals surface area contributed by atoms with Crippen molar-refractivity contribution in [3.63, 3.8) is 0 Å². The van der Waals surface area contributed by atoms with Crippen molar-refractivity contribution < 1.29 is 20.1 Å². The van der Waals surface area contributed by atoms with Crippen molar-refractivity contribution in [3.8, 4) is 0 Å². The van der Waals surface area contributed by atoms with Gasteiger partial charge < -0.3 is 20.1 Å². The second-order valence-electron chi connectivity index (χ2n) is 6.71. The lowest BCUT2D eigenvalue weighted by atomic mass is 9.56. The van der Waals surface area contributed by atoms with Gasteiger partial charge in [0, 0.05) is 17.9 Å². The van der Waals surface area contributed by atoms with E-state index in [1.807, 2.05) is 26.8 Å². The Hall–Kier alpha value is -0.420. The molecule has 2 unspecified atom stereocenters. The maximum absolute atomic E-state index is 10.5. The van der Waals surface area contributed by atoms with Gasteiger partial charge in [0.1, 0.15) is 6.10 Å². The van der Waals surface area contributed by atoms with E-state index in [0.717, 1.165) is 12.8 Å². The molecule has 0 aromatic heterocycles. The van der Waals surface area contributed by atoms with Crippen LogP contribution in [0.1, 0.15) is 40.0 Å². The second kappa shape index (κ2) is 4.85. The van der Waals surface area contributed by atoms with Crippen LogP contribution >= 0.6 is 0 Å². The van der Waals surface area contributed by atoms with Crippen molar-refractivity contribution in [1.82, 2.24) is 0 Å². The van der Waals surface area contributed by atoms with Gasteiger partial charge in [0.2, 0.25) is 0 Å². The highest BCUT2D eigenvalue weighted by Crippen LogP contribution is 2.57. The molecule has 1 saturated carbocycles. The molecule has 110 valence electrons. The number of methoxy groups -OCH3 is 1. The van der Waals surface area contributed by atoms with Crippen molar-refractivity contribution in [2.24, 2.45) is 10.8 Å². The monoisotopic (exact) mass is 270 g/mol. The normalized spacial score (nSPS) is 51.2. The van der Waals surface area contributed by atoms with E-state index in [9.17, 15) is 15.3 Å². The summed E-state index contributed by atoms with van der Waals surface area (Å²) < 4.78 is 5.46. The molecule has 0 heterocycles. The maximum atomic E-state index is 10.5. The number of hydrogen-bond donors (Lipinski definition) is 3. The van der Waals surface area contributed by atoms with Gasteiger partial charge in [-0.1, -0.05) is 25.5 Å². The Kier molecular flexibility index (Phi) is 3.82. The molecule has 1 fully saturated rings. The van der Waals surface area contributed by atoms with Gasteiger partial charge in [0.05, 0.1) is 18.3 Å². The highest BCUT2D eigenvalue weighted by atomic mass is 16.5. The van der Waals surface area contributed by atoms with Crippen LogP contribution in [-0.4, -0.2) is 46.8 Å². The summed E-state index contributed by atoms with van der Waals surface area (Å²) >= 11 is 0. The lowest BCUT2D eigenvalue weighted by molar-refractivity contribution is -0.132. The minimum absolute atomic E-state index is 0.397. The van der Waals surface area contributed by atoms with Gasteiger partial charge >= 0.3 is 0 Å². The van der Waals surface area contributed by atoms with E-state index in [2.05, 4.69) is 0 Å². The molecule has 2 rings (SSSR count). The zero-order valence-electron chi connectivity index (χ0n) is 12.3. The summed E-state index contributed by atoms with van der Waals surface area (Å²) in [6, 6.07) is 0. The molecule has 0 radical (unpaired) electrons. The van der Waals surface area contributed by atoms with Crippen molar-refractivity contribution in [2.45, 2.75) is 64.4 Å². The summed E-state index contributed by atoms with van der Waals surface area (Å²) in [4.78, 5) is 0. The third kappa shape index (κ3) is 2.05. The van der Waals surface area contributed by atoms with E-state index < -0.39 is 35.2 Å². The Morgan fingerprint density at radius 2 is 1.84 bits per heavy atom. The quantitative estimate of drug-likeness (QED) is 0.660. The average Bonchev–Trinajstić information content (AvgIpc) is 2.56. The van der Waals surface area contributed by atoms with Crippen LogP contribution in [-0.2, 0) is 4.74 Å². The molecule has 0 aromatic rings. The van der Waals surface area contributed by atoms with Crippen LogP contribution in [0.5, 0.6) is 0 Å². The zero-order valence-corrected chi connectivity index (χ0v) is 12.3. The van der Waals surface area contributed by atoms with Crippen molar-refractivity contribution in [2.75, 3.05) is 7.11 Å². The van der Waals surface area contributed by atoms with Gasteiger partial charge in [0.15, 0.2) is 0 Å². The number of aliphatic hydroxyl groups excluding tert-OH is 3. The van der Waals surface area contributed by atoms with Crippen molar-refractivity contribution in [1.29, 1.82) is 0 Å². The largest absolute Gasteiger partial charge is 0.390 e. The number of rotatable bonds is 2. The van der Waals surface area contributed by atoms with E-state index in [4.69, 9.17) is 4.74 Å². The fourth-order valence-electron chi connectivity index (χ4n) is 3.97. The number of aliphatic hydroxyl groups is 3. The molecule has 0 bridgehead atoms. The molecule has 4 heteroatoms. The lowest BCUT2D eigenvalue weighted by Gasteiger charge is -2.51. The van der Waals surface area contributed by atoms with Gasteiger partial charge in [-0.25, -0.2) is 0 Å². The first-order valence-electron chi connectivity index (χ1n) is 7.00. The molecule has 0 aliphatic heterocycles. The molecular weight excluding hydrogens is 244 g/mol. The molecule has 6 atom stereocenters. The van der Waals surface area contributed by atoms with Crippen LogP contribution in [0.25, 0.3) is 0 Å². The maximum Gasteiger partial charge on any atom is 0.107 e. The van der Waals surface area contributed by atoms with E-state index >= 15 is 0 Å². The summed E-state index contributed by atoms with van der Waals surface area (Å²) in [6.07, 6.45) is 1.44. The van der Waals surface area contributed by atoms with Gasteiger partial charge in [-0.15, -0.1) is 0 Å². The predicted molar refractivity (Wildman–Crippen MR) is 72.6 cm³/mol. The van der Waals surface area contributed by atoms with E-state index in [1.54, 1.807) is 7.11 Å². The Morgan fingerprint density at radius 1 is 1.21 bits per heavy atom. The van der Waals surface area contributed by atoms with Gasteiger partial charge in [-0.3, -0.25) is 0 Å². The van der Waals surface area contributed by atoms with Crippen LogP contribution in [0.4, 0.5) is 0 Å². The summed E-state index contributed by atoms with van der Waals surface area (Å²) in [5.41, 5.74) is 0.352. The smallest absolute Gasteiger partial charge is 0.107 e. The Labute approximate surface area is 115 Å². The lowest BCUT2D eigenvalue weighted by Crippen LogP contribution is -2.53. The molecule has 0 amide bonds. The molecule has 3 N–H and O–H groups in total.